The fraction of sp³-hybridized carbons (Fsp3) is 0.667. The monoisotopic (exact) mass is 319 g/mol. The summed E-state index contributed by atoms with van der Waals surface area (Å²) in [6.45, 7) is 11.9. The van der Waals surface area contributed by atoms with Gasteiger partial charge in [0.1, 0.15) is 0 Å². The highest BCUT2D eigenvalue weighted by molar-refractivity contribution is 5.57. The summed E-state index contributed by atoms with van der Waals surface area (Å²) < 4.78 is 0. The van der Waals surface area contributed by atoms with E-state index in [0.29, 0.717) is 0 Å². The highest BCUT2D eigenvalue weighted by atomic mass is 16.6. The number of nitro benzene ring substituents is 1. The lowest BCUT2D eigenvalue weighted by Crippen LogP contribution is -2.48. The minimum absolute atomic E-state index is 0.176. The van der Waals surface area contributed by atoms with Gasteiger partial charge in [0.2, 0.25) is 0 Å². The number of hydrogen-bond donors (Lipinski definition) is 0. The molecule has 1 heterocycles. The number of nitrogens with zero attached hydrogens (tertiary/aromatic N) is 3. The van der Waals surface area contributed by atoms with Gasteiger partial charge in [0, 0.05) is 50.5 Å². The first kappa shape index (κ1) is 17.7. The zero-order valence-electron chi connectivity index (χ0n) is 14.6. The van der Waals surface area contributed by atoms with Gasteiger partial charge in [-0.15, -0.1) is 0 Å². The van der Waals surface area contributed by atoms with Gasteiger partial charge in [0.25, 0.3) is 5.69 Å². The second kappa shape index (κ2) is 8.29. The van der Waals surface area contributed by atoms with Crippen LogP contribution in [0, 0.1) is 23.0 Å². The molecule has 0 N–H and O–H groups in total. The third-order valence-electron chi connectivity index (χ3n) is 4.89. The van der Waals surface area contributed by atoms with Gasteiger partial charge in [0.15, 0.2) is 0 Å². The van der Waals surface area contributed by atoms with Crippen LogP contribution in [0.5, 0.6) is 0 Å². The molecule has 1 aliphatic rings. The molecular weight excluding hydrogens is 290 g/mol. The van der Waals surface area contributed by atoms with Gasteiger partial charge in [-0.2, -0.15) is 0 Å². The van der Waals surface area contributed by atoms with Gasteiger partial charge in [0.05, 0.1) is 4.92 Å². The fourth-order valence-corrected chi connectivity index (χ4v) is 3.48. The van der Waals surface area contributed by atoms with E-state index in [1.165, 1.54) is 25.8 Å². The smallest absolute Gasteiger partial charge is 0.269 e. The summed E-state index contributed by atoms with van der Waals surface area (Å²) in [6.07, 6.45) is 3.84. The van der Waals surface area contributed by atoms with Crippen LogP contribution in [0.1, 0.15) is 38.7 Å². The van der Waals surface area contributed by atoms with Crippen molar-refractivity contribution >= 4 is 11.4 Å². The summed E-state index contributed by atoms with van der Waals surface area (Å²) >= 11 is 0. The topological polar surface area (TPSA) is 49.6 Å². The molecule has 1 aromatic rings. The van der Waals surface area contributed by atoms with Gasteiger partial charge >= 0.3 is 0 Å². The fourth-order valence-electron chi connectivity index (χ4n) is 3.48. The Hall–Kier alpha value is -1.62. The number of non-ortho nitro benzene ring substituents is 1. The Balaban J connectivity index is 1.92. The van der Waals surface area contributed by atoms with Gasteiger partial charge in [-0.05, 0) is 30.9 Å². The number of benzene rings is 1. The molecule has 0 saturated carbocycles. The molecule has 5 heteroatoms. The summed E-state index contributed by atoms with van der Waals surface area (Å²) in [5, 5.41) is 10.9. The molecule has 0 amide bonds. The number of hydrogen-bond acceptors (Lipinski definition) is 4. The molecule has 1 saturated heterocycles. The van der Waals surface area contributed by atoms with Crippen molar-refractivity contribution in [2.75, 3.05) is 37.6 Å². The van der Waals surface area contributed by atoms with E-state index in [9.17, 15) is 10.1 Å². The SMILES string of the molecule is CCCC(CC)CN1CCN(c2ccc([N+](=O)[O-])cc2C)CC1. The van der Waals surface area contributed by atoms with Crippen molar-refractivity contribution in [3.63, 3.8) is 0 Å². The first-order chi connectivity index (χ1) is 11.0. The molecule has 128 valence electrons. The molecule has 5 nitrogen and oxygen atoms in total. The second-order valence-electron chi connectivity index (χ2n) is 6.58. The van der Waals surface area contributed by atoms with Crippen LogP contribution in [0.4, 0.5) is 11.4 Å². The Labute approximate surface area is 139 Å². The highest BCUT2D eigenvalue weighted by Gasteiger charge is 2.21. The van der Waals surface area contributed by atoms with Gasteiger partial charge < -0.3 is 4.90 Å². The molecule has 1 atom stereocenters. The highest BCUT2D eigenvalue weighted by Crippen LogP contribution is 2.26. The third-order valence-corrected chi connectivity index (χ3v) is 4.89. The predicted octanol–water partition coefficient (Wildman–Crippen LogP) is 3.85. The van der Waals surface area contributed by atoms with Crippen LogP contribution in [-0.4, -0.2) is 42.5 Å². The summed E-state index contributed by atoms with van der Waals surface area (Å²) in [4.78, 5) is 15.5. The average molecular weight is 319 g/mol. The second-order valence-corrected chi connectivity index (χ2v) is 6.58. The molecule has 23 heavy (non-hydrogen) atoms. The van der Waals surface area contributed by atoms with E-state index in [2.05, 4.69) is 23.6 Å². The summed E-state index contributed by atoms with van der Waals surface area (Å²) in [5.74, 6) is 0.813. The maximum atomic E-state index is 10.9. The van der Waals surface area contributed by atoms with E-state index in [-0.39, 0.29) is 10.6 Å². The van der Waals surface area contributed by atoms with Crippen molar-refractivity contribution in [2.24, 2.45) is 5.92 Å². The first-order valence-corrected chi connectivity index (χ1v) is 8.77. The molecule has 2 rings (SSSR count). The number of anilines is 1. The standard InChI is InChI=1S/C18H29N3O2/c1-4-6-16(5-2)14-19-9-11-20(12-10-19)18-8-7-17(21(22)23)13-15(18)3/h7-8,13,16H,4-6,9-12,14H2,1-3H3. The average Bonchev–Trinajstić information content (AvgIpc) is 2.55. The first-order valence-electron chi connectivity index (χ1n) is 8.77. The van der Waals surface area contributed by atoms with E-state index in [0.717, 1.165) is 43.3 Å². The predicted molar refractivity (Wildman–Crippen MR) is 95.2 cm³/mol. The lowest BCUT2D eigenvalue weighted by atomic mass is 10.00. The van der Waals surface area contributed by atoms with Crippen LogP contribution in [0.15, 0.2) is 18.2 Å². The zero-order chi connectivity index (χ0) is 16.8. The van der Waals surface area contributed by atoms with Crippen LogP contribution >= 0.6 is 0 Å². The normalized spacial score (nSPS) is 17.3. The van der Waals surface area contributed by atoms with Crippen LogP contribution in [-0.2, 0) is 0 Å². The Morgan fingerprint density at radius 3 is 2.43 bits per heavy atom. The van der Waals surface area contributed by atoms with Gasteiger partial charge in [-0.1, -0.05) is 26.7 Å². The minimum Gasteiger partial charge on any atom is -0.369 e. The zero-order valence-corrected chi connectivity index (χ0v) is 14.6. The summed E-state index contributed by atoms with van der Waals surface area (Å²) in [5.41, 5.74) is 2.30. The molecular formula is C18H29N3O2. The molecule has 1 fully saturated rings. The Bertz CT molecular complexity index is 525. The van der Waals surface area contributed by atoms with E-state index >= 15 is 0 Å². The van der Waals surface area contributed by atoms with E-state index in [1.54, 1.807) is 12.1 Å². The molecule has 0 spiro atoms. The lowest BCUT2D eigenvalue weighted by Gasteiger charge is -2.38. The molecule has 0 radical (unpaired) electrons. The van der Waals surface area contributed by atoms with Crippen molar-refractivity contribution in [3.8, 4) is 0 Å². The number of nitro groups is 1. The minimum atomic E-state index is -0.326. The van der Waals surface area contributed by atoms with Crippen LogP contribution in [0.2, 0.25) is 0 Å². The molecule has 1 aromatic carbocycles. The van der Waals surface area contributed by atoms with Gasteiger partial charge in [-0.25, -0.2) is 0 Å². The molecule has 0 aromatic heterocycles. The third kappa shape index (κ3) is 4.67. The van der Waals surface area contributed by atoms with E-state index in [4.69, 9.17) is 0 Å². The molecule has 1 unspecified atom stereocenters. The quantitative estimate of drug-likeness (QED) is 0.566. The molecule has 0 bridgehead atoms. The van der Waals surface area contributed by atoms with Crippen molar-refractivity contribution < 1.29 is 4.92 Å². The number of rotatable bonds is 7. The van der Waals surface area contributed by atoms with E-state index in [1.807, 2.05) is 13.0 Å². The summed E-state index contributed by atoms with van der Waals surface area (Å²) in [6, 6.07) is 5.19. The lowest BCUT2D eigenvalue weighted by molar-refractivity contribution is -0.384. The Kier molecular flexibility index (Phi) is 6.39. The summed E-state index contributed by atoms with van der Waals surface area (Å²) in [7, 11) is 0. The maximum Gasteiger partial charge on any atom is 0.269 e. The number of piperazine rings is 1. The Morgan fingerprint density at radius 1 is 1.22 bits per heavy atom. The van der Waals surface area contributed by atoms with Gasteiger partial charge in [-0.3, -0.25) is 15.0 Å². The Morgan fingerprint density at radius 2 is 1.91 bits per heavy atom. The van der Waals surface area contributed by atoms with Crippen molar-refractivity contribution in [3.05, 3.63) is 33.9 Å². The van der Waals surface area contributed by atoms with Crippen molar-refractivity contribution in [1.29, 1.82) is 0 Å². The maximum absolute atomic E-state index is 10.9. The van der Waals surface area contributed by atoms with Crippen LogP contribution in [0.3, 0.4) is 0 Å². The van der Waals surface area contributed by atoms with Crippen LogP contribution in [0.25, 0.3) is 0 Å². The molecule has 1 aliphatic heterocycles. The largest absolute Gasteiger partial charge is 0.369 e. The van der Waals surface area contributed by atoms with Crippen molar-refractivity contribution in [1.82, 2.24) is 4.90 Å². The van der Waals surface area contributed by atoms with Crippen molar-refractivity contribution in [2.45, 2.75) is 40.0 Å². The van der Waals surface area contributed by atoms with Crippen LogP contribution < -0.4 is 4.90 Å². The number of aryl methyl sites for hydroxylation is 1. The molecule has 0 aliphatic carbocycles. The van der Waals surface area contributed by atoms with E-state index < -0.39 is 0 Å².